The Bertz CT molecular complexity index is 1250. The largest absolute Gasteiger partial charge is 0.439 e. The molecule has 2 aromatic carbocycles. The highest BCUT2D eigenvalue weighted by molar-refractivity contribution is 7.92. The third kappa shape index (κ3) is 6.48. The second-order valence-electron chi connectivity index (χ2n) is 8.52. The Balaban J connectivity index is 1.36. The van der Waals surface area contributed by atoms with Crippen LogP contribution in [0.25, 0.3) is 0 Å². The Hall–Kier alpha value is -3.65. The molecule has 35 heavy (non-hydrogen) atoms. The number of pyridine rings is 1. The highest BCUT2D eigenvalue weighted by Gasteiger charge is 2.18. The van der Waals surface area contributed by atoms with Gasteiger partial charge >= 0.3 is 0 Å². The van der Waals surface area contributed by atoms with Crippen molar-refractivity contribution in [1.82, 2.24) is 10.3 Å². The molecule has 1 aromatic heterocycles. The van der Waals surface area contributed by atoms with Crippen LogP contribution in [0.2, 0.25) is 0 Å². The van der Waals surface area contributed by atoms with Gasteiger partial charge in [-0.05, 0) is 66.8 Å². The van der Waals surface area contributed by atoms with Gasteiger partial charge in [0.15, 0.2) is 0 Å². The van der Waals surface area contributed by atoms with E-state index in [1.165, 1.54) is 43.9 Å². The van der Waals surface area contributed by atoms with Crippen molar-refractivity contribution in [2.24, 2.45) is 0 Å². The third-order valence-corrected chi connectivity index (χ3v) is 7.40. The minimum atomic E-state index is -3.73. The van der Waals surface area contributed by atoms with E-state index in [-0.39, 0.29) is 10.8 Å². The molecule has 1 saturated carbocycles. The number of benzene rings is 2. The van der Waals surface area contributed by atoms with Crippen LogP contribution in [0.1, 0.15) is 53.9 Å². The molecule has 182 valence electrons. The molecule has 0 unspecified atom stereocenters. The number of carbonyl (C=O) groups excluding carboxylic acids is 1. The maximum absolute atomic E-state index is 12.8. The standard InChI is InChI=1S/C27H29N3O4S/c1-2-18-28-27(31)22-8-13-24(14-9-22)34-26-17-12-23(19-29-26)30-35(32,33)25-15-10-21(11-16-25)20-6-4-3-5-7-20/h2,8-17,19-20,30H,1,3-7,18H2,(H,28,31). The quantitative estimate of drug-likeness (QED) is 0.378. The molecule has 3 aromatic rings. The number of ether oxygens (including phenoxy) is 1. The van der Waals surface area contributed by atoms with Crippen molar-refractivity contribution >= 4 is 21.6 Å². The van der Waals surface area contributed by atoms with Crippen molar-refractivity contribution < 1.29 is 17.9 Å². The van der Waals surface area contributed by atoms with Gasteiger partial charge in [0.25, 0.3) is 15.9 Å². The summed E-state index contributed by atoms with van der Waals surface area (Å²) in [5, 5.41) is 2.71. The zero-order valence-electron chi connectivity index (χ0n) is 19.4. The van der Waals surface area contributed by atoms with E-state index in [9.17, 15) is 13.2 Å². The zero-order valence-corrected chi connectivity index (χ0v) is 20.3. The summed E-state index contributed by atoms with van der Waals surface area (Å²) < 4.78 is 33.9. The summed E-state index contributed by atoms with van der Waals surface area (Å²) in [6.45, 7) is 3.96. The van der Waals surface area contributed by atoms with E-state index in [1.54, 1.807) is 54.6 Å². The van der Waals surface area contributed by atoms with Crippen LogP contribution < -0.4 is 14.8 Å². The molecule has 1 fully saturated rings. The highest BCUT2D eigenvalue weighted by atomic mass is 32.2. The first-order chi connectivity index (χ1) is 16.9. The lowest BCUT2D eigenvalue weighted by Gasteiger charge is -2.22. The molecular formula is C27H29N3O4S. The molecule has 0 bridgehead atoms. The molecule has 7 nitrogen and oxygen atoms in total. The molecule has 0 aliphatic heterocycles. The fourth-order valence-corrected chi connectivity index (χ4v) is 5.18. The van der Waals surface area contributed by atoms with Crippen molar-refractivity contribution in [2.75, 3.05) is 11.3 Å². The first-order valence-corrected chi connectivity index (χ1v) is 13.2. The van der Waals surface area contributed by atoms with Crippen molar-refractivity contribution in [3.05, 3.63) is 90.6 Å². The molecule has 0 radical (unpaired) electrons. The molecular weight excluding hydrogens is 462 g/mol. The van der Waals surface area contributed by atoms with Gasteiger partial charge in [-0.2, -0.15) is 0 Å². The summed E-state index contributed by atoms with van der Waals surface area (Å²) in [7, 11) is -3.73. The van der Waals surface area contributed by atoms with Crippen molar-refractivity contribution in [2.45, 2.75) is 42.9 Å². The van der Waals surface area contributed by atoms with Gasteiger partial charge < -0.3 is 10.1 Å². The molecule has 4 rings (SSSR count). The molecule has 0 spiro atoms. The number of amides is 1. The van der Waals surface area contributed by atoms with E-state index in [1.807, 2.05) is 12.1 Å². The van der Waals surface area contributed by atoms with Gasteiger partial charge in [-0.15, -0.1) is 6.58 Å². The predicted molar refractivity (Wildman–Crippen MR) is 136 cm³/mol. The fraction of sp³-hybridized carbons (Fsp3) is 0.259. The van der Waals surface area contributed by atoms with E-state index >= 15 is 0 Å². The van der Waals surface area contributed by atoms with Crippen LogP contribution in [0.15, 0.2) is 84.4 Å². The zero-order chi connectivity index (χ0) is 24.7. The number of nitrogens with one attached hydrogen (secondary N) is 2. The lowest BCUT2D eigenvalue weighted by Crippen LogP contribution is -2.22. The van der Waals surface area contributed by atoms with Gasteiger partial charge in [0.2, 0.25) is 5.88 Å². The number of hydrogen-bond acceptors (Lipinski definition) is 5. The first-order valence-electron chi connectivity index (χ1n) is 11.7. The molecule has 1 heterocycles. The summed E-state index contributed by atoms with van der Waals surface area (Å²) in [6.07, 6.45) is 9.10. The summed E-state index contributed by atoms with van der Waals surface area (Å²) in [5.74, 6) is 1.13. The Morgan fingerprint density at radius 2 is 1.71 bits per heavy atom. The van der Waals surface area contributed by atoms with Crippen LogP contribution in [0, 0.1) is 0 Å². The second kappa shape index (κ2) is 11.2. The molecule has 0 saturated heterocycles. The van der Waals surface area contributed by atoms with E-state index in [4.69, 9.17) is 4.74 Å². The Morgan fingerprint density at radius 1 is 1.00 bits per heavy atom. The molecule has 1 aliphatic rings. The molecule has 2 N–H and O–H groups in total. The molecule has 1 amide bonds. The number of nitrogens with zero attached hydrogens (tertiary/aromatic N) is 1. The van der Waals surface area contributed by atoms with E-state index in [2.05, 4.69) is 21.6 Å². The van der Waals surface area contributed by atoms with Crippen LogP contribution >= 0.6 is 0 Å². The number of carbonyl (C=O) groups is 1. The van der Waals surface area contributed by atoms with Crippen LogP contribution in [-0.4, -0.2) is 25.9 Å². The summed E-state index contributed by atoms with van der Waals surface area (Å²) in [5.41, 5.74) is 2.05. The van der Waals surface area contributed by atoms with Gasteiger partial charge in [-0.25, -0.2) is 13.4 Å². The Morgan fingerprint density at radius 3 is 2.34 bits per heavy atom. The third-order valence-electron chi connectivity index (χ3n) is 6.00. The first kappa shape index (κ1) is 24.5. The SMILES string of the molecule is C=CCNC(=O)c1ccc(Oc2ccc(NS(=O)(=O)c3ccc(C4CCCCC4)cc3)cn2)cc1. The highest BCUT2D eigenvalue weighted by Crippen LogP contribution is 2.33. The maximum Gasteiger partial charge on any atom is 0.261 e. The summed E-state index contributed by atoms with van der Waals surface area (Å²) in [4.78, 5) is 16.4. The van der Waals surface area contributed by atoms with Gasteiger partial charge in [0.1, 0.15) is 5.75 Å². The molecule has 8 heteroatoms. The normalized spacial score (nSPS) is 14.2. The van der Waals surface area contributed by atoms with Crippen molar-refractivity contribution in [1.29, 1.82) is 0 Å². The Kier molecular flexibility index (Phi) is 7.82. The smallest absolute Gasteiger partial charge is 0.261 e. The molecule has 0 atom stereocenters. The average Bonchev–Trinajstić information content (AvgIpc) is 2.89. The van der Waals surface area contributed by atoms with E-state index in [0.717, 1.165) is 0 Å². The monoisotopic (exact) mass is 491 g/mol. The fourth-order valence-electron chi connectivity index (χ4n) is 4.13. The minimum absolute atomic E-state index is 0.199. The summed E-state index contributed by atoms with van der Waals surface area (Å²) in [6, 6.07) is 17.0. The second-order valence-corrected chi connectivity index (χ2v) is 10.2. The van der Waals surface area contributed by atoms with Crippen LogP contribution in [0.5, 0.6) is 11.6 Å². The number of sulfonamides is 1. The Labute approximate surface area is 206 Å². The van der Waals surface area contributed by atoms with Gasteiger partial charge in [-0.1, -0.05) is 37.5 Å². The van der Waals surface area contributed by atoms with Crippen LogP contribution in [0.4, 0.5) is 5.69 Å². The van der Waals surface area contributed by atoms with Crippen LogP contribution in [-0.2, 0) is 10.0 Å². The van der Waals surface area contributed by atoms with E-state index < -0.39 is 10.0 Å². The lowest BCUT2D eigenvalue weighted by molar-refractivity contribution is 0.0958. The number of aromatic nitrogens is 1. The minimum Gasteiger partial charge on any atom is -0.439 e. The van der Waals surface area contributed by atoms with E-state index in [0.29, 0.717) is 35.3 Å². The number of hydrogen-bond donors (Lipinski definition) is 2. The van der Waals surface area contributed by atoms with Gasteiger partial charge in [0.05, 0.1) is 16.8 Å². The summed E-state index contributed by atoms with van der Waals surface area (Å²) >= 11 is 0. The lowest BCUT2D eigenvalue weighted by atomic mass is 9.84. The average molecular weight is 492 g/mol. The molecule has 1 aliphatic carbocycles. The van der Waals surface area contributed by atoms with Crippen molar-refractivity contribution in [3.8, 4) is 11.6 Å². The predicted octanol–water partition coefficient (Wildman–Crippen LogP) is 5.64. The van der Waals surface area contributed by atoms with Crippen molar-refractivity contribution in [3.63, 3.8) is 0 Å². The number of anilines is 1. The maximum atomic E-state index is 12.8. The van der Waals surface area contributed by atoms with Gasteiger partial charge in [0, 0.05) is 18.2 Å². The van der Waals surface area contributed by atoms with Gasteiger partial charge in [-0.3, -0.25) is 9.52 Å². The number of rotatable bonds is 9. The topological polar surface area (TPSA) is 97.4 Å². The van der Waals surface area contributed by atoms with Crippen LogP contribution in [0.3, 0.4) is 0 Å².